The van der Waals surface area contributed by atoms with Crippen LogP contribution in [0.15, 0.2) is 55.1 Å². The van der Waals surface area contributed by atoms with Crippen molar-refractivity contribution >= 4 is 5.69 Å². The minimum atomic E-state index is -4.39. The zero-order chi connectivity index (χ0) is 17.2. The molecule has 0 aliphatic rings. The van der Waals surface area contributed by atoms with Gasteiger partial charge in [0, 0.05) is 5.56 Å². The summed E-state index contributed by atoms with van der Waals surface area (Å²) in [7, 11) is 0. The second kappa shape index (κ2) is 6.04. The largest absolute Gasteiger partial charge is 0.416 e. The zero-order valence-electron chi connectivity index (χ0n) is 12.1. The lowest BCUT2D eigenvalue weighted by Gasteiger charge is -2.11. The molecule has 0 fully saturated rings. The molecule has 0 aliphatic heterocycles. The van der Waals surface area contributed by atoms with E-state index in [1.807, 2.05) is 6.07 Å². The Morgan fingerprint density at radius 1 is 1.00 bits per heavy atom. The van der Waals surface area contributed by atoms with Gasteiger partial charge in [-0.15, -0.1) is 10.2 Å². The lowest BCUT2D eigenvalue weighted by atomic mass is 9.98. The van der Waals surface area contributed by atoms with E-state index in [0.717, 1.165) is 12.1 Å². The molecule has 0 amide bonds. The summed E-state index contributed by atoms with van der Waals surface area (Å²) in [5.74, 6) is 0. The van der Waals surface area contributed by atoms with Gasteiger partial charge in [-0.25, -0.2) is 4.68 Å². The van der Waals surface area contributed by atoms with Crippen LogP contribution >= 0.6 is 0 Å². The van der Waals surface area contributed by atoms with Crippen LogP contribution in [0.25, 0.3) is 11.1 Å². The second-order valence-electron chi connectivity index (χ2n) is 4.93. The average Bonchev–Trinajstić information content (AvgIpc) is 3.07. The van der Waals surface area contributed by atoms with E-state index in [4.69, 9.17) is 0 Å². The zero-order valence-corrected chi connectivity index (χ0v) is 12.1. The highest BCUT2D eigenvalue weighted by atomic mass is 19.4. The van der Waals surface area contributed by atoms with Crippen molar-refractivity contribution in [1.82, 2.24) is 14.9 Å². The predicted octanol–water partition coefficient (Wildman–Crippen LogP) is 3.71. The summed E-state index contributed by atoms with van der Waals surface area (Å²) in [5, 5.41) is 16.5. The normalized spacial score (nSPS) is 11.1. The van der Waals surface area contributed by atoms with Crippen LogP contribution in [0.2, 0.25) is 0 Å². The van der Waals surface area contributed by atoms with Crippen molar-refractivity contribution in [2.24, 2.45) is 0 Å². The number of alkyl halides is 3. The first kappa shape index (κ1) is 15.6. The lowest BCUT2D eigenvalue weighted by molar-refractivity contribution is -0.137. The van der Waals surface area contributed by atoms with E-state index < -0.39 is 11.7 Å². The quantitative estimate of drug-likeness (QED) is 0.795. The Kier molecular flexibility index (Phi) is 3.92. The molecule has 8 heteroatoms. The Balaban J connectivity index is 1.98. The minimum absolute atomic E-state index is 0.365. The molecule has 1 heterocycles. The van der Waals surface area contributed by atoms with Crippen LogP contribution in [0, 0.1) is 11.3 Å². The number of aromatic nitrogens is 3. The summed E-state index contributed by atoms with van der Waals surface area (Å²) in [6, 6.07) is 11.7. The van der Waals surface area contributed by atoms with Crippen LogP contribution in [-0.2, 0) is 6.18 Å². The second-order valence-corrected chi connectivity index (χ2v) is 4.93. The molecular formula is C16H10F3N5. The first-order chi connectivity index (χ1) is 11.5. The van der Waals surface area contributed by atoms with E-state index in [0.29, 0.717) is 22.4 Å². The number of hydrogen-bond acceptors (Lipinski definition) is 4. The molecular weight excluding hydrogens is 319 g/mol. The van der Waals surface area contributed by atoms with Gasteiger partial charge in [0.2, 0.25) is 0 Å². The van der Waals surface area contributed by atoms with E-state index in [-0.39, 0.29) is 0 Å². The fourth-order valence-electron chi connectivity index (χ4n) is 2.20. The number of rotatable bonds is 3. The van der Waals surface area contributed by atoms with Gasteiger partial charge in [0.25, 0.3) is 0 Å². The maximum absolute atomic E-state index is 12.7. The predicted molar refractivity (Wildman–Crippen MR) is 80.6 cm³/mol. The third-order valence-corrected chi connectivity index (χ3v) is 3.34. The fourth-order valence-corrected chi connectivity index (χ4v) is 2.20. The molecule has 1 N–H and O–H groups in total. The highest BCUT2D eigenvalue weighted by molar-refractivity contribution is 5.74. The maximum atomic E-state index is 12.7. The Morgan fingerprint density at radius 3 is 2.25 bits per heavy atom. The molecule has 0 atom stereocenters. The molecule has 120 valence electrons. The van der Waals surface area contributed by atoms with E-state index in [1.165, 1.54) is 29.5 Å². The van der Waals surface area contributed by atoms with Gasteiger partial charge in [0.05, 0.1) is 22.9 Å². The molecule has 0 unspecified atom stereocenters. The van der Waals surface area contributed by atoms with Gasteiger partial charge in [-0.05, 0) is 35.9 Å². The van der Waals surface area contributed by atoms with Crippen molar-refractivity contribution in [2.75, 3.05) is 5.43 Å². The summed E-state index contributed by atoms with van der Waals surface area (Å²) in [4.78, 5) is 0. The first-order valence-corrected chi connectivity index (χ1v) is 6.81. The number of nitrogens with one attached hydrogen (secondary N) is 1. The summed E-state index contributed by atoms with van der Waals surface area (Å²) < 4.78 is 39.5. The van der Waals surface area contributed by atoms with Crippen molar-refractivity contribution in [2.45, 2.75) is 6.18 Å². The SMILES string of the molecule is N#Cc1ccc(Nn2cnnc2)cc1-c1ccc(C(F)(F)F)cc1. The lowest BCUT2D eigenvalue weighted by Crippen LogP contribution is -2.06. The number of nitriles is 1. The molecule has 0 aliphatic carbocycles. The van der Waals surface area contributed by atoms with Gasteiger partial charge in [-0.3, -0.25) is 5.43 Å². The van der Waals surface area contributed by atoms with Gasteiger partial charge in [-0.2, -0.15) is 18.4 Å². The molecule has 0 radical (unpaired) electrons. The van der Waals surface area contributed by atoms with Gasteiger partial charge in [0.15, 0.2) is 0 Å². The minimum Gasteiger partial charge on any atom is -0.292 e. The maximum Gasteiger partial charge on any atom is 0.416 e. The smallest absolute Gasteiger partial charge is 0.292 e. The van der Waals surface area contributed by atoms with Gasteiger partial charge in [0.1, 0.15) is 12.7 Å². The summed E-state index contributed by atoms with van der Waals surface area (Å²) >= 11 is 0. The molecule has 0 spiro atoms. The van der Waals surface area contributed by atoms with Crippen LogP contribution in [0.3, 0.4) is 0 Å². The highest BCUT2D eigenvalue weighted by Gasteiger charge is 2.30. The number of benzene rings is 2. The van der Waals surface area contributed by atoms with E-state index in [2.05, 4.69) is 15.6 Å². The molecule has 0 bridgehead atoms. The third kappa shape index (κ3) is 3.20. The van der Waals surface area contributed by atoms with E-state index in [1.54, 1.807) is 18.2 Å². The van der Waals surface area contributed by atoms with E-state index >= 15 is 0 Å². The number of hydrogen-bond donors (Lipinski definition) is 1. The van der Waals surface area contributed by atoms with Crippen molar-refractivity contribution in [1.29, 1.82) is 5.26 Å². The molecule has 5 nitrogen and oxygen atoms in total. The van der Waals surface area contributed by atoms with Crippen molar-refractivity contribution < 1.29 is 13.2 Å². The Hall–Kier alpha value is -3.34. The van der Waals surface area contributed by atoms with Crippen LogP contribution in [0.4, 0.5) is 18.9 Å². The summed E-state index contributed by atoms with van der Waals surface area (Å²) in [5.41, 5.74) is 4.31. The molecule has 0 saturated carbocycles. The first-order valence-electron chi connectivity index (χ1n) is 6.81. The topological polar surface area (TPSA) is 66.5 Å². The average molecular weight is 329 g/mol. The molecule has 3 rings (SSSR count). The number of anilines is 1. The Bertz CT molecular complexity index is 878. The van der Waals surface area contributed by atoms with Crippen molar-refractivity contribution in [3.05, 3.63) is 66.2 Å². The Labute approximate surface area is 135 Å². The molecule has 0 saturated heterocycles. The number of halogens is 3. The summed E-state index contributed by atoms with van der Waals surface area (Å²) in [6.45, 7) is 0. The van der Waals surface area contributed by atoms with Crippen LogP contribution in [-0.4, -0.2) is 14.9 Å². The van der Waals surface area contributed by atoms with Crippen molar-refractivity contribution in [3.63, 3.8) is 0 Å². The van der Waals surface area contributed by atoms with E-state index in [9.17, 15) is 18.4 Å². The Morgan fingerprint density at radius 2 is 1.67 bits per heavy atom. The monoisotopic (exact) mass is 329 g/mol. The standard InChI is InChI=1S/C16H10F3N5/c17-16(18,19)13-4-1-11(2-5-13)15-7-14(6-3-12(15)8-20)23-24-9-21-22-10-24/h1-7,9-10,23H. The van der Waals surface area contributed by atoms with Crippen LogP contribution in [0.5, 0.6) is 0 Å². The van der Waals surface area contributed by atoms with Gasteiger partial charge >= 0.3 is 6.18 Å². The van der Waals surface area contributed by atoms with Crippen molar-refractivity contribution in [3.8, 4) is 17.2 Å². The van der Waals surface area contributed by atoms with Gasteiger partial charge < -0.3 is 0 Å². The summed E-state index contributed by atoms with van der Waals surface area (Å²) in [6.07, 6.45) is -1.49. The van der Waals surface area contributed by atoms with Gasteiger partial charge in [-0.1, -0.05) is 12.1 Å². The molecule has 2 aromatic carbocycles. The molecule has 24 heavy (non-hydrogen) atoms. The highest BCUT2D eigenvalue weighted by Crippen LogP contribution is 2.32. The van der Waals surface area contributed by atoms with Crippen LogP contribution in [0.1, 0.15) is 11.1 Å². The molecule has 3 aromatic rings. The third-order valence-electron chi connectivity index (χ3n) is 3.34. The number of nitrogens with zero attached hydrogens (tertiary/aromatic N) is 4. The van der Waals surface area contributed by atoms with Crippen LogP contribution < -0.4 is 5.43 Å². The fraction of sp³-hybridized carbons (Fsp3) is 0.0625. The molecule has 1 aromatic heterocycles.